The van der Waals surface area contributed by atoms with Gasteiger partial charge in [-0.05, 0) is 62.1 Å². The average molecular weight is 441 g/mol. The fraction of sp³-hybridized carbons (Fsp3) is 0.333. The van der Waals surface area contributed by atoms with Crippen LogP contribution in [-0.4, -0.2) is 40.6 Å². The minimum atomic E-state index is -2.65. The van der Waals surface area contributed by atoms with Crippen LogP contribution in [0, 0.1) is 6.92 Å². The number of rotatable bonds is 7. The second-order valence-corrected chi connectivity index (χ2v) is 8.56. The number of nitrogens with one attached hydrogen (secondary N) is 1. The Morgan fingerprint density at radius 3 is 2.74 bits per heavy atom. The molecule has 0 aliphatic carbocycles. The van der Waals surface area contributed by atoms with E-state index in [1.165, 1.54) is 0 Å². The van der Waals surface area contributed by atoms with E-state index in [0.717, 1.165) is 16.7 Å². The highest BCUT2D eigenvalue weighted by Crippen LogP contribution is 2.32. The van der Waals surface area contributed by atoms with Crippen molar-refractivity contribution in [1.29, 1.82) is 0 Å². The van der Waals surface area contributed by atoms with Gasteiger partial charge in [0.2, 0.25) is 10.9 Å². The zero-order valence-electron chi connectivity index (χ0n) is 17.6. The van der Waals surface area contributed by atoms with Crippen LogP contribution < -0.4 is 9.62 Å². The summed E-state index contributed by atoms with van der Waals surface area (Å²) in [6.07, 6.45) is 2.19. The van der Waals surface area contributed by atoms with Crippen molar-refractivity contribution in [2.75, 3.05) is 11.4 Å². The first-order valence-corrected chi connectivity index (χ1v) is 11.2. The summed E-state index contributed by atoms with van der Waals surface area (Å²) >= 11 is 0. The van der Waals surface area contributed by atoms with E-state index in [2.05, 4.69) is 14.9 Å². The molecule has 0 fully saturated rings. The summed E-state index contributed by atoms with van der Waals surface area (Å²) in [6.45, 7) is 6.74. The third kappa shape index (κ3) is 4.08. The molecule has 162 valence electrons. The quantitative estimate of drug-likeness (QED) is 0.544. The number of amides is 1. The number of nitrogens with zero attached hydrogens (tertiary/aromatic N) is 5. The van der Waals surface area contributed by atoms with E-state index in [9.17, 15) is 13.2 Å². The van der Waals surface area contributed by atoms with Gasteiger partial charge < -0.3 is 4.57 Å². The van der Waals surface area contributed by atoms with Gasteiger partial charge in [0.05, 0.1) is 6.54 Å². The van der Waals surface area contributed by atoms with E-state index >= 15 is 0 Å². The van der Waals surface area contributed by atoms with Crippen molar-refractivity contribution in [2.24, 2.45) is 0 Å². The summed E-state index contributed by atoms with van der Waals surface area (Å²) < 4.78 is 26.0. The lowest BCUT2D eigenvalue weighted by molar-refractivity contribution is 0.0996. The maximum Gasteiger partial charge on any atom is 0.260 e. The molecule has 0 saturated heterocycles. The summed E-state index contributed by atoms with van der Waals surface area (Å²) in [6, 6.07) is 9.43. The molecule has 0 atom stereocenters. The Labute approximate surface area is 182 Å². The zero-order valence-corrected chi connectivity index (χ0v) is 18.5. The van der Waals surface area contributed by atoms with Crippen LogP contribution in [0.5, 0.6) is 0 Å². The predicted molar refractivity (Wildman–Crippen MR) is 117 cm³/mol. The monoisotopic (exact) mass is 440 g/mol. The van der Waals surface area contributed by atoms with Gasteiger partial charge in [-0.15, -0.1) is 10.2 Å². The maximum atomic E-state index is 13.2. The molecule has 4 rings (SSSR count). The fourth-order valence-corrected chi connectivity index (χ4v) is 4.17. The number of benzene rings is 1. The van der Waals surface area contributed by atoms with Gasteiger partial charge in [0.1, 0.15) is 17.8 Å². The second-order valence-electron chi connectivity index (χ2n) is 7.73. The fourth-order valence-electron chi connectivity index (χ4n) is 3.87. The number of fused-ring (bicyclic) bond motifs is 1. The van der Waals surface area contributed by atoms with Crippen LogP contribution in [0.15, 0.2) is 36.7 Å². The number of carbonyl (C=O) groups is 1. The van der Waals surface area contributed by atoms with Crippen molar-refractivity contribution in [3.8, 4) is 11.5 Å². The Morgan fingerprint density at radius 1 is 1.19 bits per heavy atom. The highest BCUT2D eigenvalue weighted by Gasteiger charge is 2.32. The lowest BCUT2D eigenvalue weighted by Crippen LogP contribution is -2.24. The van der Waals surface area contributed by atoms with Crippen molar-refractivity contribution in [3.63, 3.8) is 0 Å². The SMILES string of the molecule is Cc1ccc2c(c1CCN[SH](=O)=O)CN(c1cccc(-c3nncn3C(C)C)n1)C2=O. The van der Waals surface area contributed by atoms with Crippen LogP contribution >= 0.6 is 0 Å². The zero-order chi connectivity index (χ0) is 22.1. The van der Waals surface area contributed by atoms with E-state index in [0.29, 0.717) is 42.4 Å². The molecule has 2 aromatic heterocycles. The molecule has 1 aliphatic heterocycles. The molecule has 0 unspecified atom stereocenters. The Morgan fingerprint density at radius 2 is 2.00 bits per heavy atom. The predicted octanol–water partition coefficient (Wildman–Crippen LogP) is 2.05. The van der Waals surface area contributed by atoms with Gasteiger partial charge in [0, 0.05) is 18.2 Å². The molecule has 0 radical (unpaired) electrons. The number of hydrogen-bond acceptors (Lipinski definition) is 6. The Bertz CT molecular complexity index is 1210. The average Bonchev–Trinajstić information content (AvgIpc) is 3.35. The largest absolute Gasteiger partial charge is 0.310 e. The lowest BCUT2D eigenvalue weighted by Gasteiger charge is -2.16. The van der Waals surface area contributed by atoms with E-state index < -0.39 is 10.9 Å². The first-order chi connectivity index (χ1) is 14.9. The van der Waals surface area contributed by atoms with Crippen molar-refractivity contribution >= 4 is 22.6 Å². The van der Waals surface area contributed by atoms with Gasteiger partial charge in [-0.1, -0.05) is 12.1 Å². The first kappa shape index (κ1) is 21.1. The molecule has 0 saturated carbocycles. The third-order valence-corrected chi connectivity index (χ3v) is 5.92. The van der Waals surface area contributed by atoms with Gasteiger partial charge in [-0.2, -0.15) is 0 Å². The van der Waals surface area contributed by atoms with Crippen LogP contribution in [0.2, 0.25) is 0 Å². The standard InChI is InChI=1S/C21H24N6O3S/c1-13(2)27-12-22-25-20(27)18-5-4-6-19(24-18)26-11-17-15(9-10-23-31(29)30)14(3)7-8-16(17)21(26)28/h4-8,12-13,31H,9-11H2,1-3H3,(H,23,29,30). The molecule has 1 N–H and O–H groups in total. The molecule has 1 amide bonds. The van der Waals surface area contributed by atoms with Crippen molar-refractivity contribution < 1.29 is 13.2 Å². The number of carbonyl (C=O) groups excluding carboxylic acids is 1. The van der Waals surface area contributed by atoms with Crippen LogP contribution in [-0.2, 0) is 23.9 Å². The molecule has 1 aliphatic rings. The smallest absolute Gasteiger partial charge is 0.260 e. The minimum absolute atomic E-state index is 0.117. The summed E-state index contributed by atoms with van der Waals surface area (Å²) in [5.41, 5.74) is 4.22. The molecule has 9 nitrogen and oxygen atoms in total. The number of pyridine rings is 1. The van der Waals surface area contributed by atoms with Crippen molar-refractivity contribution in [2.45, 2.75) is 39.8 Å². The summed E-state index contributed by atoms with van der Waals surface area (Å²) in [5.74, 6) is 1.07. The van der Waals surface area contributed by atoms with Gasteiger partial charge in [-0.25, -0.2) is 18.1 Å². The second kappa shape index (κ2) is 8.56. The highest BCUT2D eigenvalue weighted by molar-refractivity contribution is 7.70. The van der Waals surface area contributed by atoms with E-state index in [-0.39, 0.29) is 11.9 Å². The molecule has 10 heteroatoms. The first-order valence-electron chi connectivity index (χ1n) is 10.0. The van der Waals surface area contributed by atoms with Crippen molar-refractivity contribution in [3.05, 3.63) is 58.9 Å². The highest BCUT2D eigenvalue weighted by atomic mass is 32.2. The molecule has 0 spiro atoms. The van der Waals surface area contributed by atoms with Gasteiger partial charge in [0.15, 0.2) is 5.82 Å². The van der Waals surface area contributed by atoms with Crippen LogP contribution in [0.25, 0.3) is 11.5 Å². The number of anilines is 1. The third-order valence-electron chi connectivity index (χ3n) is 5.44. The molecule has 0 bridgehead atoms. The van der Waals surface area contributed by atoms with Gasteiger partial charge >= 0.3 is 0 Å². The topological polar surface area (TPSA) is 110 Å². The summed E-state index contributed by atoms with van der Waals surface area (Å²) in [4.78, 5) is 19.5. The van der Waals surface area contributed by atoms with E-state index in [1.54, 1.807) is 17.3 Å². The number of hydrogen-bond donors (Lipinski definition) is 2. The maximum absolute atomic E-state index is 13.2. The lowest BCUT2D eigenvalue weighted by atomic mass is 9.96. The molecular formula is C21H24N6O3S. The Balaban J connectivity index is 1.66. The molecule has 31 heavy (non-hydrogen) atoms. The Kier molecular flexibility index (Phi) is 5.84. The van der Waals surface area contributed by atoms with Crippen molar-refractivity contribution in [1.82, 2.24) is 24.5 Å². The molecule has 3 aromatic rings. The molecule has 3 heterocycles. The van der Waals surface area contributed by atoms with Crippen LogP contribution in [0.4, 0.5) is 5.82 Å². The van der Waals surface area contributed by atoms with E-state index in [1.807, 2.05) is 49.6 Å². The van der Waals surface area contributed by atoms with Gasteiger partial charge in [0.25, 0.3) is 5.91 Å². The van der Waals surface area contributed by atoms with E-state index in [4.69, 9.17) is 4.98 Å². The normalized spacial score (nSPS) is 13.5. The number of aryl methyl sites for hydroxylation is 1. The number of aromatic nitrogens is 4. The summed E-state index contributed by atoms with van der Waals surface area (Å²) in [5, 5.41) is 8.20. The Hall–Kier alpha value is -3.11. The van der Waals surface area contributed by atoms with Crippen LogP contribution in [0.3, 0.4) is 0 Å². The summed E-state index contributed by atoms with van der Waals surface area (Å²) in [7, 11) is -2.65. The van der Waals surface area contributed by atoms with Crippen LogP contribution in [0.1, 0.15) is 46.9 Å². The van der Waals surface area contributed by atoms with Gasteiger partial charge in [-0.3, -0.25) is 9.69 Å². The molecule has 1 aromatic carbocycles. The number of thiol groups is 1. The minimum Gasteiger partial charge on any atom is -0.310 e. The molecular weight excluding hydrogens is 416 g/mol.